The van der Waals surface area contributed by atoms with Crippen molar-refractivity contribution < 1.29 is 14.3 Å². The number of pyridine rings is 1. The quantitative estimate of drug-likeness (QED) is 0.669. The Morgan fingerprint density at radius 2 is 1.74 bits per heavy atom. The Balaban J connectivity index is 1.52. The first-order chi connectivity index (χ1) is 13.2. The molecule has 140 valence electrons. The number of nitrogens with one attached hydrogen (secondary N) is 2. The Kier molecular flexibility index (Phi) is 5.88. The number of methoxy groups -OCH3 is 2. The summed E-state index contributed by atoms with van der Waals surface area (Å²) < 4.78 is 12.1. The molecule has 0 atom stereocenters. The Hall–Kier alpha value is -3.55. The number of carbonyl (C=O) groups is 1. The van der Waals surface area contributed by atoms with Crippen LogP contribution in [0.1, 0.15) is 11.1 Å². The maximum atomic E-state index is 12.1. The van der Waals surface area contributed by atoms with Crippen molar-refractivity contribution in [2.24, 2.45) is 0 Å². The summed E-state index contributed by atoms with van der Waals surface area (Å²) in [6, 6.07) is 10.8. The second-order valence-corrected chi connectivity index (χ2v) is 5.70. The van der Waals surface area contributed by atoms with Crippen LogP contribution in [0.4, 0.5) is 4.79 Å². The number of aromatic nitrogens is 3. The maximum Gasteiger partial charge on any atom is 0.315 e. The molecule has 0 aliphatic rings. The molecule has 0 saturated carbocycles. The van der Waals surface area contributed by atoms with E-state index in [-0.39, 0.29) is 6.03 Å². The van der Waals surface area contributed by atoms with Crippen LogP contribution in [0, 0.1) is 0 Å². The van der Waals surface area contributed by atoms with E-state index in [2.05, 4.69) is 20.7 Å². The molecule has 0 aliphatic heterocycles. The van der Waals surface area contributed by atoms with Gasteiger partial charge in [-0.25, -0.2) is 14.5 Å². The summed E-state index contributed by atoms with van der Waals surface area (Å²) >= 11 is 0. The molecular formula is C19H21N5O3. The van der Waals surface area contributed by atoms with E-state index in [9.17, 15) is 4.79 Å². The predicted molar refractivity (Wildman–Crippen MR) is 100.0 cm³/mol. The van der Waals surface area contributed by atoms with Gasteiger partial charge in [-0.15, -0.1) is 0 Å². The maximum absolute atomic E-state index is 12.1. The molecule has 0 unspecified atom stereocenters. The third-order valence-electron chi connectivity index (χ3n) is 3.90. The van der Waals surface area contributed by atoms with Gasteiger partial charge in [0.05, 0.1) is 14.2 Å². The highest BCUT2D eigenvalue weighted by Gasteiger charge is 2.07. The van der Waals surface area contributed by atoms with Gasteiger partial charge in [-0.3, -0.25) is 0 Å². The number of rotatable bonds is 7. The summed E-state index contributed by atoms with van der Waals surface area (Å²) in [7, 11) is 3.16. The van der Waals surface area contributed by atoms with Crippen LogP contribution in [0.2, 0.25) is 0 Å². The van der Waals surface area contributed by atoms with E-state index >= 15 is 0 Å². The van der Waals surface area contributed by atoms with E-state index in [1.165, 1.54) is 0 Å². The van der Waals surface area contributed by atoms with Crippen molar-refractivity contribution in [2.75, 3.05) is 14.2 Å². The standard InChI is InChI=1S/C19H21N5O3/c1-26-16-5-4-14(10-17(16)27-2)12-21-19(25)22-13-15-6-8-20-18(11-15)24-9-3-7-23-24/h3-11H,12-13H2,1-2H3,(H2,21,22,25). The van der Waals surface area contributed by atoms with Crippen LogP contribution in [0.15, 0.2) is 55.0 Å². The first-order valence-electron chi connectivity index (χ1n) is 8.37. The van der Waals surface area contributed by atoms with Gasteiger partial charge in [0.1, 0.15) is 0 Å². The van der Waals surface area contributed by atoms with E-state index in [0.717, 1.165) is 11.1 Å². The molecule has 0 aliphatic carbocycles. The van der Waals surface area contributed by atoms with Crippen LogP contribution >= 0.6 is 0 Å². The number of carbonyl (C=O) groups excluding carboxylic acids is 1. The van der Waals surface area contributed by atoms with Crippen molar-refractivity contribution in [1.82, 2.24) is 25.4 Å². The van der Waals surface area contributed by atoms with Crippen LogP contribution in [0.25, 0.3) is 5.82 Å². The molecule has 0 radical (unpaired) electrons. The molecule has 3 aromatic rings. The zero-order valence-electron chi connectivity index (χ0n) is 15.2. The van der Waals surface area contributed by atoms with Gasteiger partial charge in [0, 0.05) is 31.7 Å². The van der Waals surface area contributed by atoms with Gasteiger partial charge < -0.3 is 20.1 Å². The molecule has 1 aromatic carbocycles. The van der Waals surface area contributed by atoms with Gasteiger partial charge >= 0.3 is 6.03 Å². The molecule has 3 rings (SSSR count). The number of amides is 2. The monoisotopic (exact) mass is 367 g/mol. The molecule has 0 spiro atoms. The van der Waals surface area contributed by atoms with Crippen molar-refractivity contribution in [2.45, 2.75) is 13.1 Å². The number of hydrogen-bond acceptors (Lipinski definition) is 5. The summed E-state index contributed by atoms with van der Waals surface area (Å²) in [4.78, 5) is 16.3. The molecule has 2 aromatic heterocycles. The summed E-state index contributed by atoms with van der Waals surface area (Å²) in [5.74, 6) is 1.97. The Morgan fingerprint density at radius 1 is 1.00 bits per heavy atom. The van der Waals surface area contributed by atoms with Crippen LogP contribution in [0.5, 0.6) is 11.5 Å². The van der Waals surface area contributed by atoms with Crippen molar-refractivity contribution in [3.05, 3.63) is 66.1 Å². The minimum Gasteiger partial charge on any atom is -0.493 e. The van der Waals surface area contributed by atoms with Crippen molar-refractivity contribution in [3.63, 3.8) is 0 Å². The van der Waals surface area contributed by atoms with E-state index < -0.39 is 0 Å². The van der Waals surface area contributed by atoms with Gasteiger partial charge in [0.2, 0.25) is 0 Å². The lowest BCUT2D eigenvalue weighted by molar-refractivity contribution is 0.240. The average molecular weight is 367 g/mol. The highest BCUT2D eigenvalue weighted by Crippen LogP contribution is 2.27. The molecule has 2 heterocycles. The second kappa shape index (κ2) is 8.70. The topological polar surface area (TPSA) is 90.3 Å². The van der Waals surface area contributed by atoms with Crippen molar-refractivity contribution in [1.29, 1.82) is 0 Å². The van der Waals surface area contributed by atoms with Crippen molar-refractivity contribution >= 4 is 6.03 Å². The summed E-state index contributed by atoms with van der Waals surface area (Å²) in [6.45, 7) is 0.760. The smallest absolute Gasteiger partial charge is 0.315 e. The number of benzene rings is 1. The third kappa shape index (κ3) is 4.75. The molecule has 0 fully saturated rings. The van der Waals surface area contributed by atoms with E-state index in [1.807, 2.05) is 42.6 Å². The molecule has 8 heteroatoms. The predicted octanol–water partition coefficient (Wildman–Crippen LogP) is 2.28. The van der Waals surface area contributed by atoms with Crippen LogP contribution in [-0.2, 0) is 13.1 Å². The normalized spacial score (nSPS) is 10.3. The van der Waals surface area contributed by atoms with E-state index in [4.69, 9.17) is 9.47 Å². The molecule has 8 nitrogen and oxygen atoms in total. The molecule has 0 saturated heterocycles. The molecule has 27 heavy (non-hydrogen) atoms. The number of urea groups is 1. The highest BCUT2D eigenvalue weighted by atomic mass is 16.5. The minimum absolute atomic E-state index is 0.262. The number of ether oxygens (including phenoxy) is 2. The average Bonchev–Trinajstić information content (AvgIpc) is 3.25. The van der Waals surface area contributed by atoms with E-state index in [1.54, 1.807) is 31.3 Å². The summed E-state index contributed by atoms with van der Waals surface area (Å²) in [5.41, 5.74) is 1.84. The zero-order valence-corrected chi connectivity index (χ0v) is 15.2. The Bertz CT molecular complexity index is 896. The lowest BCUT2D eigenvalue weighted by Crippen LogP contribution is -2.34. The molecule has 2 N–H and O–H groups in total. The molecule has 2 amide bonds. The largest absolute Gasteiger partial charge is 0.493 e. The van der Waals surface area contributed by atoms with Gasteiger partial charge in [0.25, 0.3) is 0 Å². The lowest BCUT2D eigenvalue weighted by Gasteiger charge is -2.11. The van der Waals surface area contributed by atoms with Gasteiger partial charge in [-0.05, 0) is 41.5 Å². The second-order valence-electron chi connectivity index (χ2n) is 5.70. The van der Waals surface area contributed by atoms with Crippen LogP contribution < -0.4 is 20.1 Å². The highest BCUT2D eigenvalue weighted by molar-refractivity contribution is 5.73. The fraction of sp³-hybridized carbons (Fsp3) is 0.211. The molecular weight excluding hydrogens is 346 g/mol. The van der Waals surface area contributed by atoms with Gasteiger partial charge in [-0.1, -0.05) is 6.07 Å². The SMILES string of the molecule is COc1ccc(CNC(=O)NCc2ccnc(-n3cccn3)c2)cc1OC. The Labute approximate surface area is 157 Å². The summed E-state index contributed by atoms with van der Waals surface area (Å²) in [6.07, 6.45) is 5.19. The van der Waals surface area contributed by atoms with Crippen molar-refractivity contribution in [3.8, 4) is 17.3 Å². The molecule has 0 bridgehead atoms. The summed E-state index contributed by atoms with van der Waals surface area (Å²) in [5, 5.41) is 9.80. The fourth-order valence-electron chi connectivity index (χ4n) is 2.52. The number of hydrogen-bond donors (Lipinski definition) is 2. The fourth-order valence-corrected chi connectivity index (χ4v) is 2.52. The zero-order chi connectivity index (χ0) is 19.1. The van der Waals surface area contributed by atoms with Crippen LogP contribution in [0.3, 0.4) is 0 Å². The van der Waals surface area contributed by atoms with Crippen LogP contribution in [-0.4, -0.2) is 35.0 Å². The lowest BCUT2D eigenvalue weighted by atomic mass is 10.2. The van der Waals surface area contributed by atoms with Gasteiger partial charge in [-0.2, -0.15) is 5.10 Å². The minimum atomic E-state index is -0.262. The van der Waals surface area contributed by atoms with E-state index in [0.29, 0.717) is 30.4 Å². The number of nitrogens with zero attached hydrogens (tertiary/aromatic N) is 3. The third-order valence-corrected chi connectivity index (χ3v) is 3.90. The van der Waals surface area contributed by atoms with Gasteiger partial charge in [0.15, 0.2) is 17.3 Å². The first-order valence-corrected chi connectivity index (χ1v) is 8.37. The first kappa shape index (κ1) is 18.2. The Morgan fingerprint density at radius 3 is 2.41 bits per heavy atom.